The topological polar surface area (TPSA) is 24.9 Å². The average Bonchev–Trinajstić information content (AvgIpc) is 2.42. The molecule has 0 amide bonds. The Labute approximate surface area is 112 Å². The minimum Gasteiger partial charge on any atom is -0.314 e. The normalized spacial score (nSPS) is 14.4. The summed E-state index contributed by atoms with van der Waals surface area (Å²) in [4.78, 5) is 4.07. The van der Waals surface area contributed by atoms with E-state index < -0.39 is 0 Å². The number of rotatable bonds is 9. The lowest BCUT2D eigenvalue weighted by Gasteiger charge is -2.21. The zero-order chi connectivity index (χ0) is 13.2. The van der Waals surface area contributed by atoms with Crippen LogP contribution in [0.3, 0.4) is 0 Å². The van der Waals surface area contributed by atoms with Crippen molar-refractivity contribution in [1.29, 1.82) is 0 Å². The van der Waals surface area contributed by atoms with Gasteiger partial charge in [0.15, 0.2) is 0 Å². The van der Waals surface area contributed by atoms with Crippen molar-refractivity contribution in [1.82, 2.24) is 10.3 Å². The summed E-state index contributed by atoms with van der Waals surface area (Å²) in [5, 5.41) is 3.69. The van der Waals surface area contributed by atoms with Gasteiger partial charge in [0, 0.05) is 18.4 Å². The smallest absolute Gasteiger partial charge is 0.0270 e. The van der Waals surface area contributed by atoms with Crippen LogP contribution in [0.15, 0.2) is 24.5 Å². The number of hydrogen-bond acceptors (Lipinski definition) is 2. The molecule has 0 radical (unpaired) electrons. The Morgan fingerprint density at radius 1 is 1.22 bits per heavy atom. The highest BCUT2D eigenvalue weighted by atomic mass is 14.9. The molecule has 2 heteroatoms. The molecule has 2 unspecified atom stereocenters. The molecule has 1 aromatic rings. The maximum Gasteiger partial charge on any atom is 0.0270 e. The number of pyridine rings is 1. The fourth-order valence-corrected chi connectivity index (χ4v) is 2.19. The molecule has 2 atom stereocenters. The Kier molecular flexibility index (Phi) is 7.66. The van der Waals surface area contributed by atoms with Crippen molar-refractivity contribution < 1.29 is 0 Å². The van der Waals surface area contributed by atoms with E-state index in [0.29, 0.717) is 6.04 Å². The Bertz CT molecular complexity index is 297. The lowest BCUT2D eigenvalue weighted by Crippen LogP contribution is -2.31. The molecule has 2 nitrogen and oxygen atoms in total. The molecule has 0 saturated heterocycles. The highest BCUT2D eigenvalue weighted by molar-refractivity contribution is 5.09. The van der Waals surface area contributed by atoms with E-state index in [0.717, 1.165) is 18.9 Å². The van der Waals surface area contributed by atoms with E-state index in [-0.39, 0.29) is 0 Å². The first-order valence-electron chi connectivity index (χ1n) is 7.38. The molecule has 1 rings (SSSR count). The van der Waals surface area contributed by atoms with Crippen molar-refractivity contribution in [2.45, 2.75) is 58.9 Å². The number of aryl methyl sites for hydroxylation is 1. The third-order valence-electron chi connectivity index (χ3n) is 3.60. The highest BCUT2D eigenvalue weighted by Crippen LogP contribution is 2.14. The quantitative estimate of drug-likeness (QED) is 0.718. The van der Waals surface area contributed by atoms with Crippen LogP contribution in [-0.2, 0) is 6.42 Å². The summed E-state index contributed by atoms with van der Waals surface area (Å²) >= 11 is 0. The summed E-state index contributed by atoms with van der Waals surface area (Å²) in [6.07, 6.45) is 9.94. The summed E-state index contributed by atoms with van der Waals surface area (Å²) in [7, 11) is 0. The summed E-state index contributed by atoms with van der Waals surface area (Å²) in [5.74, 6) is 0.816. The molecule has 1 heterocycles. The first kappa shape index (κ1) is 15.2. The zero-order valence-electron chi connectivity index (χ0n) is 12.2. The van der Waals surface area contributed by atoms with E-state index in [9.17, 15) is 0 Å². The van der Waals surface area contributed by atoms with Crippen molar-refractivity contribution in [3.63, 3.8) is 0 Å². The molecular weight excluding hydrogens is 220 g/mol. The Hall–Kier alpha value is -0.890. The van der Waals surface area contributed by atoms with E-state index >= 15 is 0 Å². The van der Waals surface area contributed by atoms with E-state index in [1.54, 1.807) is 0 Å². The molecule has 0 aliphatic heterocycles. The van der Waals surface area contributed by atoms with Crippen LogP contribution in [0.5, 0.6) is 0 Å². The molecular formula is C16H28N2. The van der Waals surface area contributed by atoms with Crippen LogP contribution in [0.25, 0.3) is 0 Å². The molecule has 0 aromatic carbocycles. The summed E-state index contributed by atoms with van der Waals surface area (Å²) in [6.45, 7) is 8.01. The van der Waals surface area contributed by atoms with Crippen LogP contribution in [-0.4, -0.2) is 17.6 Å². The maximum absolute atomic E-state index is 4.07. The fourth-order valence-electron chi connectivity index (χ4n) is 2.19. The van der Waals surface area contributed by atoms with E-state index in [2.05, 4.69) is 43.2 Å². The minimum atomic E-state index is 0.660. The second kappa shape index (κ2) is 9.09. The number of aromatic nitrogens is 1. The van der Waals surface area contributed by atoms with Gasteiger partial charge in [-0.1, -0.05) is 27.2 Å². The van der Waals surface area contributed by atoms with Gasteiger partial charge in [0.2, 0.25) is 0 Å². The largest absolute Gasteiger partial charge is 0.314 e. The van der Waals surface area contributed by atoms with Gasteiger partial charge >= 0.3 is 0 Å². The number of hydrogen-bond donors (Lipinski definition) is 1. The van der Waals surface area contributed by atoms with Crippen molar-refractivity contribution in [3.8, 4) is 0 Å². The second-order valence-electron chi connectivity index (χ2n) is 5.29. The van der Waals surface area contributed by atoms with Gasteiger partial charge in [-0.15, -0.1) is 0 Å². The standard InChI is InChI=1S/C16H28N2/c1-4-10-18-16(13-14(3)5-2)7-6-15-8-11-17-12-9-15/h8-9,11-12,14,16,18H,4-7,10,13H2,1-3H3. The Balaban J connectivity index is 2.39. The number of nitrogens with one attached hydrogen (secondary N) is 1. The summed E-state index contributed by atoms with van der Waals surface area (Å²) in [5.41, 5.74) is 1.40. The summed E-state index contributed by atoms with van der Waals surface area (Å²) in [6, 6.07) is 4.91. The Morgan fingerprint density at radius 3 is 2.56 bits per heavy atom. The van der Waals surface area contributed by atoms with Crippen molar-refractivity contribution >= 4 is 0 Å². The van der Waals surface area contributed by atoms with Crippen LogP contribution >= 0.6 is 0 Å². The SMILES string of the molecule is CCCNC(CCc1ccncc1)CC(C)CC. The van der Waals surface area contributed by atoms with Crippen LogP contribution in [0, 0.1) is 5.92 Å². The predicted octanol–water partition coefficient (Wildman–Crippen LogP) is 3.82. The fraction of sp³-hybridized carbons (Fsp3) is 0.688. The van der Waals surface area contributed by atoms with Crippen molar-refractivity contribution in [3.05, 3.63) is 30.1 Å². The lowest BCUT2D eigenvalue weighted by molar-refractivity contribution is 0.377. The van der Waals surface area contributed by atoms with Gasteiger partial charge in [-0.05, 0) is 55.8 Å². The molecule has 1 aromatic heterocycles. The van der Waals surface area contributed by atoms with E-state index in [1.807, 2.05) is 12.4 Å². The predicted molar refractivity (Wildman–Crippen MR) is 78.7 cm³/mol. The Morgan fingerprint density at radius 2 is 1.94 bits per heavy atom. The third kappa shape index (κ3) is 6.15. The molecule has 0 aliphatic rings. The van der Waals surface area contributed by atoms with Crippen molar-refractivity contribution in [2.24, 2.45) is 5.92 Å². The van der Waals surface area contributed by atoms with Gasteiger partial charge in [0.05, 0.1) is 0 Å². The molecule has 18 heavy (non-hydrogen) atoms. The zero-order valence-corrected chi connectivity index (χ0v) is 12.2. The molecule has 0 spiro atoms. The monoisotopic (exact) mass is 248 g/mol. The van der Waals surface area contributed by atoms with Gasteiger partial charge in [0.1, 0.15) is 0 Å². The maximum atomic E-state index is 4.07. The molecule has 0 bridgehead atoms. The highest BCUT2D eigenvalue weighted by Gasteiger charge is 2.11. The molecule has 0 aliphatic carbocycles. The van der Waals surface area contributed by atoms with Gasteiger partial charge in [0.25, 0.3) is 0 Å². The van der Waals surface area contributed by atoms with E-state index in [4.69, 9.17) is 0 Å². The lowest BCUT2D eigenvalue weighted by atomic mass is 9.95. The van der Waals surface area contributed by atoms with Gasteiger partial charge in [-0.25, -0.2) is 0 Å². The molecule has 1 N–H and O–H groups in total. The second-order valence-corrected chi connectivity index (χ2v) is 5.29. The van der Waals surface area contributed by atoms with Crippen molar-refractivity contribution in [2.75, 3.05) is 6.54 Å². The van der Waals surface area contributed by atoms with Gasteiger partial charge in [-0.2, -0.15) is 0 Å². The third-order valence-corrected chi connectivity index (χ3v) is 3.60. The summed E-state index contributed by atoms with van der Waals surface area (Å²) < 4.78 is 0. The first-order chi connectivity index (χ1) is 8.76. The molecule has 102 valence electrons. The van der Waals surface area contributed by atoms with Gasteiger partial charge < -0.3 is 5.32 Å². The van der Waals surface area contributed by atoms with Crippen LogP contribution in [0.1, 0.15) is 52.0 Å². The number of nitrogens with zero attached hydrogens (tertiary/aromatic N) is 1. The minimum absolute atomic E-state index is 0.660. The van der Waals surface area contributed by atoms with Crippen LogP contribution in [0.2, 0.25) is 0 Å². The van der Waals surface area contributed by atoms with Crippen LogP contribution in [0.4, 0.5) is 0 Å². The van der Waals surface area contributed by atoms with E-state index in [1.165, 1.54) is 31.2 Å². The average molecular weight is 248 g/mol. The van der Waals surface area contributed by atoms with Gasteiger partial charge in [-0.3, -0.25) is 4.98 Å². The van der Waals surface area contributed by atoms with Crippen LogP contribution < -0.4 is 5.32 Å². The first-order valence-corrected chi connectivity index (χ1v) is 7.38. The molecule has 0 fully saturated rings. The molecule has 0 saturated carbocycles.